The number of benzene rings is 1. The van der Waals surface area contributed by atoms with Gasteiger partial charge in [-0.25, -0.2) is 14.8 Å². The Kier molecular flexibility index (Phi) is 9.12. The summed E-state index contributed by atoms with van der Waals surface area (Å²) in [6, 6.07) is 3.07. The Balaban J connectivity index is 1.70. The Morgan fingerprint density at radius 1 is 1.12 bits per heavy atom. The summed E-state index contributed by atoms with van der Waals surface area (Å²) < 4.78 is 47.7. The molecule has 4 rings (SSSR count). The average molecular weight is 581 g/mol. The highest BCUT2D eigenvalue weighted by atomic mass is 35.5. The number of alkyl halides is 3. The van der Waals surface area contributed by atoms with Crippen molar-refractivity contribution in [2.75, 3.05) is 4.90 Å². The fourth-order valence-corrected chi connectivity index (χ4v) is 5.37. The summed E-state index contributed by atoms with van der Waals surface area (Å²) in [6.07, 6.45) is 1.84. The van der Waals surface area contributed by atoms with Gasteiger partial charge in [0.05, 0.1) is 24.1 Å². The number of tetrazole rings is 1. The topological polar surface area (TPSA) is 102 Å². The molecule has 0 spiro atoms. The highest BCUT2D eigenvalue weighted by molar-refractivity contribution is 6.30. The molecule has 216 valence electrons. The molecule has 0 aliphatic carbocycles. The van der Waals surface area contributed by atoms with Gasteiger partial charge in [-0.05, 0) is 73.7 Å². The summed E-state index contributed by atoms with van der Waals surface area (Å²) in [6.45, 7) is 7.71. The fourth-order valence-electron chi connectivity index (χ4n) is 5.12. The van der Waals surface area contributed by atoms with Crippen LogP contribution in [0.15, 0.2) is 36.9 Å². The summed E-state index contributed by atoms with van der Waals surface area (Å²) in [5, 5.41) is 11.1. The van der Waals surface area contributed by atoms with Crippen molar-refractivity contribution in [2.24, 2.45) is 0 Å². The zero-order valence-electron chi connectivity index (χ0n) is 22.7. The Morgan fingerprint density at radius 3 is 2.30 bits per heavy atom. The maximum absolute atomic E-state index is 13.6. The van der Waals surface area contributed by atoms with Crippen LogP contribution in [-0.4, -0.2) is 65.4 Å². The number of hydrogen-bond acceptors (Lipinski definition) is 8. The first-order valence-corrected chi connectivity index (χ1v) is 13.6. The first kappa shape index (κ1) is 29.5. The molecule has 1 fully saturated rings. The molecule has 2 atom stereocenters. The molecule has 0 N–H and O–H groups in total. The van der Waals surface area contributed by atoms with Crippen LogP contribution in [0.4, 0.5) is 23.9 Å². The van der Waals surface area contributed by atoms with Crippen LogP contribution in [0.25, 0.3) is 5.69 Å². The molecule has 0 radical (unpaired) electrons. The van der Waals surface area contributed by atoms with Crippen LogP contribution in [0.5, 0.6) is 0 Å². The quantitative estimate of drug-likeness (QED) is 0.334. The van der Waals surface area contributed by atoms with Gasteiger partial charge < -0.3 is 14.5 Å². The Morgan fingerprint density at radius 2 is 1.77 bits per heavy atom. The van der Waals surface area contributed by atoms with Crippen molar-refractivity contribution in [3.63, 3.8) is 0 Å². The first-order valence-electron chi connectivity index (χ1n) is 13.2. The molecule has 3 aromatic rings. The molecule has 2 unspecified atom stereocenters. The zero-order chi connectivity index (χ0) is 29.0. The molecule has 3 heterocycles. The van der Waals surface area contributed by atoms with E-state index in [-0.39, 0.29) is 41.9 Å². The lowest BCUT2D eigenvalue weighted by atomic mass is 9.87. The SMILES string of the molecule is CCC1CC(N(Cc2cc(Cl)cc(C(F)(F)F)c2)c2ncc(-n3cnnn3)cn2)CC(CC)N1C(=O)OC(C)C. The summed E-state index contributed by atoms with van der Waals surface area (Å²) in [5.41, 5.74) is 0.0738. The van der Waals surface area contributed by atoms with Crippen molar-refractivity contribution in [2.45, 2.75) is 90.3 Å². The van der Waals surface area contributed by atoms with Gasteiger partial charge in [-0.15, -0.1) is 5.10 Å². The summed E-state index contributed by atoms with van der Waals surface area (Å²) in [4.78, 5) is 25.8. The number of halogens is 4. The molecular formula is C26H32ClF3N8O2. The van der Waals surface area contributed by atoms with E-state index >= 15 is 0 Å². The lowest BCUT2D eigenvalue weighted by Crippen LogP contribution is -2.57. The van der Waals surface area contributed by atoms with Crippen LogP contribution in [0.2, 0.25) is 5.02 Å². The highest BCUT2D eigenvalue weighted by Gasteiger charge is 2.41. The van der Waals surface area contributed by atoms with Crippen LogP contribution in [-0.2, 0) is 17.5 Å². The monoisotopic (exact) mass is 580 g/mol. The van der Waals surface area contributed by atoms with Gasteiger partial charge in [0.1, 0.15) is 12.0 Å². The van der Waals surface area contributed by atoms with Gasteiger partial charge in [0.2, 0.25) is 5.95 Å². The number of carbonyl (C=O) groups is 1. The number of amides is 1. The summed E-state index contributed by atoms with van der Waals surface area (Å²) in [5.74, 6) is 0.332. The largest absolute Gasteiger partial charge is 0.447 e. The van der Waals surface area contributed by atoms with Crippen molar-refractivity contribution >= 4 is 23.6 Å². The van der Waals surface area contributed by atoms with Gasteiger partial charge in [0, 0.05) is 29.7 Å². The maximum Gasteiger partial charge on any atom is 0.416 e. The molecule has 14 heteroatoms. The van der Waals surface area contributed by atoms with Gasteiger partial charge >= 0.3 is 12.3 Å². The van der Waals surface area contributed by atoms with Crippen LogP contribution in [0.3, 0.4) is 0 Å². The molecular weight excluding hydrogens is 549 g/mol. The van der Waals surface area contributed by atoms with Gasteiger partial charge in [0.15, 0.2) is 0 Å². The summed E-state index contributed by atoms with van der Waals surface area (Å²) >= 11 is 6.11. The minimum atomic E-state index is -4.54. The van der Waals surface area contributed by atoms with Crippen molar-refractivity contribution in [3.8, 4) is 5.69 Å². The van der Waals surface area contributed by atoms with Crippen molar-refractivity contribution in [1.82, 2.24) is 35.1 Å². The highest BCUT2D eigenvalue weighted by Crippen LogP contribution is 2.35. The maximum atomic E-state index is 13.6. The van der Waals surface area contributed by atoms with E-state index in [0.29, 0.717) is 42.9 Å². The van der Waals surface area contributed by atoms with E-state index in [2.05, 4.69) is 25.5 Å². The molecule has 1 saturated heterocycles. The third-order valence-corrected chi connectivity index (χ3v) is 7.16. The molecule has 40 heavy (non-hydrogen) atoms. The number of nitrogens with zero attached hydrogens (tertiary/aromatic N) is 8. The Hall–Kier alpha value is -3.48. The average Bonchev–Trinajstić information content (AvgIpc) is 3.45. The number of carbonyl (C=O) groups excluding carboxylic acids is 1. The molecule has 10 nitrogen and oxygen atoms in total. The minimum absolute atomic E-state index is 0.0103. The van der Waals surface area contributed by atoms with Crippen LogP contribution >= 0.6 is 11.6 Å². The first-order chi connectivity index (χ1) is 19.0. The predicted octanol–water partition coefficient (Wildman–Crippen LogP) is 5.70. The van der Waals surface area contributed by atoms with Crippen molar-refractivity contribution in [1.29, 1.82) is 0 Å². The van der Waals surface area contributed by atoms with E-state index in [1.54, 1.807) is 12.4 Å². The second-order valence-corrected chi connectivity index (χ2v) is 10.5. The molecule has 1 aromatic carbocycles. The number of aromatic nitrogens is 6. The van der Waals surface area contributed by atoms with E-state index in [0.717, 1.165) is 12.1 Å². The fraction of sp³-hybridized carbons (Fsp3) is 0.538. The normalized spacial score (nSPS) is 19.6. The smallest absolute Gasteiger partial charge is 0.416 e. The standard InChI is InChI=1S/C26H32ClF3N8O2/c1-5-20-10-22(11-21(6-2)38(20)25(39)40-16(3)4)36(14-17-7-18(26(28,29)30)9-19(27)8-17)24-31-12-23(13-32-24)37-15-33-34-35-37/h7-9,12-13,15-16,20-22H,5-6,10-11,14H2,1-4H3. The second-order valence-electron chi connectivity index (χ2n) is 10.1. The number of anilines is 1. The third-order valence-electron chi connectivity index (χ3n) is 6.94. The number of ether oxygens (including phenoxy) is 1. The molecule has 1 aliphatic rings. The van der Waals surface area contributed by atoms with Crippen LogP contribution < -0.4 is 4.90 Å². The van der Waals surface area contributed by atoms with Gasteiger partial charge in [-0.2, -0.15) is 17.9 Å². The number of likely N-dealkylation sites (tertiary alicyclic amines) is 1. The van der Waals surface area contributed by atoms with Gasteiger partial charge in [-0.3, -0.25) is 0 Å². The van der Waals surface area contributed by atoms with E-state index in [1.807, 2.05) is 37.5 Å². The predicted molar refractivity (Wildman–Crippen MR) is 142 cm³/mol. The molecule has 1 amide bonds. The zero-order valence-corrected chi connectivity index (χ0v) is 23.5. The molecule has 1 aliphatic heterocycles. The van der Waals surface area contributed by atoms with Crippen LogP contribution in [0.1, 0.15) is 64.5 Å². The Labute approximate surface area is 235 Å². The van der Waals surface area contributed by atoms with Crippen LogP contribution in [0, 0.1) is 0 Å². The van der Waals surface area contributed by atoms with E-state index < -0.39 is 11.7 Å². The van der Waals surface area contributed by atoms with Gasteiger partial charge in [0.25, 0.3) is 0 Å². The Bertz CT molecular complexity index is 1260. The van der Waals surface area contributed by atoms with Crippen molar-refractivity contribution in [3.05, 3.63) is 53.1 Å². The van der Waals surface area contributed by atoms with Crippen molar-refractivity contribution < 1.29 is 22.7 Å². The second kappa shape index (κ2) is 12.4. The molecule has 0 saturated carbocycles. The number of piperidine rings is 1. The minimum Gasteiger partial charge on any atom is -0.447 e. The third kappa shape index (κ3) is 6.80. The lowest BCUT2D eigenvalue weighted by molar-refractivity contribution is -0.137. The van der Waals surface area contributed by atoms with Gasteiger partial charge in [-0.1, -0.05) is 25.4 Å². The number of hydrogen-bond donors (Lipinski definition) is 0. The molecule has 2 aromatic heterocycles. The lowest BCUT2D eigenvalue weighted by Gasteiger charge is -2.47. The van der Waals surface area contributed by atoms with E-state index in [1.165, 1.54) is 17.1 Å². The van der Waals surface area contributed by atoms with E-state index in [9.17, 15) is 18.0 Å². The molecule has 0 bridgehead atoms. The van der Waals surface area contributed by atoms with E-state index in [4.69, 9.17) is 16.3 Å². The number of rotatable bonds is 8. The summed E-state index contributed by atoms with van der Waals surface area (Å²) in [7, 11) is 0.